The second kappa shape index (κ2) is 9.17. The number of nitrogens with one attached hydrogen (secondary N) is 1. The highest BCUT2D eigenvalue weighted by molar-refractivity contribution is 6.38. The van der Waals surface area contributed by atoms with Gasteiger partial charge in [-0.05, 0) is 30.8 Å². The average molecular weight is 458 g/mol. The topological polar surface area (TPSA) is 78.7 Å². The average Bonchev–Trinajstić information content (AvgIpc) is 2.69. The highest BCUT2D eigenvalue weighted by atomic mass is 35.5. The molecule has 1 amide bonds. The molecular formula is C19H19Cl3N4O3. The third-order valence-corrected chi connectivity index (χ3v) is 5.71. The maximum absolute atomic E-state index is 12.6. The van der Waals surface area contributed by atoms with E-state index in [1.165, 1.54) is 18.2 Å². The minimum absolute atomic E-state index is 0.0751. The van der Waals surface area contributed by atoms with E-state index in [9.17, 15) is 14.9 Å². The van der Waals surface area contributed by atoms with Crippen LogP contribution in [-0.2, 0) is 0 Å². The third kappa shape index (κ3) is 4.93. The smallest absolute Gasteiger partial charge is 0.294 e. The fourth-order valence-electron chi connectivity index (χ4n) is 3.21. The Morgan fingerprint density at radius 1 is 1.10 bits per heavy atom. The van der Waals surface area contributed by atoms with Crippen molar-refractivity contribution in [2.45, 2.75) is 6.92 Å². The Morgan fingerprint density at radius 3 is 2.38 bits per heavy atom. The Kier molecular flexibility index (Phi) is 6.85. The van der Waals surface area contributed by atoms with E-state index in [4.69, 9.17) is 34.8 Å². The molecule has 1 heterocycles. The molecule has 1 aliphatic rings. The molecule has 10 heteroatoms. The van der Waals surface area contributed by atoms with Crippen molar-refractivity contribution in [3.8, 4) is 0 Å². The summed E-state index contributed by atoms with van der Waals surface area (Å²) in [6.07, 6.45) is 0. The van der Waals surface area contributed by atoms with Crippen LogP contribution in [0, 0.1) is 10.1 Å². The van der Waals surface area contributed by atoms with Gasteiger partial charge >= 0.3 is 0 Å². The van der Waals surface area contributed by atoms with E-state index in [1.54, 1.807) is 12.1 Å². The van der Waals surface area contributed by atoms with Crippen LogP contribution in [0.2, 0.25) is 15.1 Å². The standard InChI is InChI=1S/C19H19Cl3N4O3/c1-2-24-5-7-25(8-6-24)17-11-16(15(22)10-18(17)26(28)29)23-19(27)13-4-3-12(20)9-14(13)21/h3-4,9-11H,2,5-8H2,1H3,(H,23,27). The first-order chi connectivity index (χ1) is 13.8. The maximum atomic E-state index is 12.6. The fourth-order valence-corrected chi connectivity index (χ4v) is 3.91. The summed E-state index contributed by atoms with van der Waals surface area (Å²) in [6, 6.07) is 7.34. The first kappa shape index (κ1) is 21.6. The van der Waals surface area contributed by atoms with Crippen molar-refractivity contribution in [3.63, 3.8) is 0 Å². The zero-order chi connectivity index (χ0) is 21.1. The van der Waals surface area contributed by atoms with E-state index < -0.39 is 10.8 Å². The number of hydrogen-bond acceptors (Lipinski definition) is 5. The van der Waals surface area contributed by atoms with Gasteiger partial charge in [0, 0.05) is 37.3 Å². The summed E-state index contributed by atoms with van der Waals surface area (Å²) in [5.41, 5.74) is 0.833. The predicted octanol–water partition coefficient (Wildman–Crippen LogP) is 4.95. The monoisotopic (exact) mass is 456 g/mol. The number of halogens is 3. The largest absolute Gasteiger partial charge is 0.363 e. The molecule has 2 aromatic carbocycles. The first-order valence-corrected chi connectivity index (χ1v) is 10.1. The lowest BCUT2D eigenvalue weighted by atomic mass is 10.1. The van der Waals surface area contributed by atoms with Gasteiger partial charge in [-0.3, -0.25) is 14.9 Å². The van der Waals surface area contributed by atoms with E-state index >= 15 is 0 Å². The zero-order valence-electron chi connectivity index (χ0n) is 15.6. The molecule has 0 atom stereocenters. The lowest BCUT2D eigenvalue weighted by molar-refractivity contribution is -0.384. The number of piperazine rings is 1. The van der Waals surface area contributed by atoms with Crippen LogP contribution in [0.5, 0.6) is 0 Å². The van der Waals surface area contributed by atoms with Crippen molar-refractivity contribution >= 4 is 57.8 Å². The Balaban J connectivity index is 1.91. The predicted molar refractivity (Wildman–Crippen MR) is 117 cm³/mol. The van der Waals surface area contributed by atoms with Gasteiger partial charge in [-0.25, -0.2) is 0 Å². The van der Waals surface area contributed by atoms with E-state index in [1.807, 2.05) is 4.90 Å². The Morgan fingerprint density at radius 2 is 1.79 bits per heavy atom. The molecule has 154 valence electrons. The number of benzene rings is 2. The van der Waals surface area contributed by atoms with Crippen molar-refractivity contribution < 1.29 is 9.72 Å². The van der Waals surface area contributed by atoms with E-state index in [-0.39, 0.29) is 27.0 Å². The molecule has 3 rings (SSSR count). The molecule has 0 unspecified atom stereocenters. The second-order valence-electron chi connectivity index (χ2n) is 6.58. The van der Waals surface area contributed by atoms with Gasteiger partial charge in [0.25, 0.3) is 11.6 Å². The highest BCUT2D eigenvalue weighted by Gasteiger charge is 2.26. The summed E-state index contributed by atoms with van der Waals surface area (Å²) in [7, 11) is 0. The second-order valence-corrected chi connectivity index (χ2v) is 7.83. The highest BCUT2D eigenvalue weighted by Crippen LogP contribution is 2.37. The number of anilines is 2. The van der Waals surface area contributed by atoms with Gasteiger partial charge in [-0.2, -0.15) is 0 Å². The quantitative estimate of drug-likeness (QED) is 0.508. The summed E-state index contributed by atoms with van der Waals surface area (Å²) >= 11 is 18.2. The molecule has 0 saturated carbocycles. The number of rotatable bonds is 5. The Bertz CT molecular complexity index is 947. The number of nitro benzene ring substituents is 1. The number of carbonyl (C=O) groups is 1. The summed E-state index contributed by atoms with van der Waals surface area (Å²) in [6.45, 7) is 5.91. The number of likely N-dealkylation sites (N-methyl/N-ethyl adjacent to an activating group) is 1. The fraction of sp³-hybridized carbons (Fsp3) is 0.316. The minimum atomic E-state index is -0.482. The van der Waals surface area contributed by atoms with E-state index in [0.29, 0.717) is 23.8 Å². The Labute approximate surface area is 183 Å². The van der Waals surface area contributed by atoms with Crippen LogP contribution in [0.4, 0.5) is 17.1 Å². The SMILES string of the molecule is CCN1CCN(c2cc(NC(=O)c3ccc(Cl)cc3Cl)c(Cl)cc2[N+](=O)[O-])CC1. The molecule has 1 saturated heterocycles. The number of nitrogens with zero attached hydrogens (tertiary/aromatic N) is 3. The minimum Gasteiger partial charge on any atom is -0.363 e. The van der Waals surface area contributed by atoms with Crippen molar-refractivity contribution in [2.75, 3.05) is 42.9 Å². The zero-order valence-corrected chi connectivity index (χ0v) is 17.9. The molecule has 0 bridgehead atoms. The molecule has 1 aliphatic heterocycles. The van der Waals surface area contributed by atoms with Crippen molar-refractivity contribution in [1.29, 1.82) is 0 Å². The molecule has 0 aliphatic carbocycles. The van der Waals surface area contributed by atoms with Crippen LogP contribution in [-0.4, -0.2) is 48.5 Å². The number of amides is 1. The van der Waals surface area contributed by atoms with Gasteiger partial charge in [-0.1, -0.05) is 41.7 Å². The summed E-state index contributed by atoms with van der Waals surface area (Å²) in [4.78, 5) is 27.9. The van der Waals surface area contributed by atoms with Crippen molar-refractivity contribution in [3.05, 3.63) is 61.1 Å². The van der Waals surface area contributed by atoms with Crippen LogP contribution in [0.25, 0.3) is 0 Å². The number of nitro groups is 1. The Hall–Kier alpha value is -2.06. The van der Waals surface area contributed by atoms with Crippen LogP contribution in [0.1, 0.15) is 17.3 Å². The van der Waals surface area contributed by atoms with Gasteiger partial charge in [0.2, 0.25) is 0 Å². The molecule has 0 radical (unpaired) electrons. The van der Waals surface area contributed by atoms with Crippen LogP contribution in [0.15, 0.2) is 30.3 Å². The molecule has 1 fully saturated rings. The van der Waals surface area contributed by atoms with Gasteiger partial charge in [-0.15, -0.1) is 0 Å². The molecule has 1 N–H and O–H groups in total. The molecule has 0 spiro atoms. The molecular weight excluding hydrogens is 439 g/mol. The normalized spacial score (nSPS) is 14.7. The van der Waals surface area contributed by atoms with Crippen molar-refractivity contribution in [1.82, 2.24) is 4.90 Å². The van der Waals surface area contributed by atoms with Gasteiger partial charge in [0.15, 0.2) is 0 Å². The summed E-state index contributed by atoms with van der Waals surface area (Å²) in [5, 5.41) is 14.9. The van der Waals surface area contributed by atoms with Crippen LogP contribution in [0.3, 0.4) is 0 Å². The number of hydrogen-bond donors (Lipinski definition) is 1. The van der Waals surface area contributed by atoms with Crippen LogP contribution < -0.4 is 10.2 Å². The molecule has 7 nitrogen and oxygen atoms in total. The third-order valence-electron chi connectivity index (χ3n) is 4.85. The van der Waals surface area contributed by atoms with E-state index in [2.05, 4.69) is 17.1 Å². The van der Waals surface area contributed by atoms with Gasteiger partial charge in [0.1, 0.15) is 5.69 Å². The lowest BCUT2D eigenvalue weighted by Gasteiger charge is -2.35. The lowest BCUT2D eigenvalue weighted by Crippen LogP contribution is -2.46. The molecule has 0 aromatic heterocycles. The maximum Gasteiger partial charge on any atom is 0.294 e. The first-order valence-electron chi connectivity index (χ1n) is 9.01. The van der Waals surface area contributed by atoms with Crippen molar-refractivity contribution in [2.24, 2.45) is 0 Å². The van der Waals surface area contributed by atoms with Gasteiger partial charge < -0.3 is 15.1 Å². The summed E-state index contributed by atoms with van der Waals surface area (Å²) in [5.74, 6) is -0.482. The van der Waals surface area contributed by atoms with Crippen LogP contribution >= 0.6 is 34.8 Å². The van der Waals surface area contributed by atoms with E-state index in [0.717, 1.165) is 19.6 Å². The number of carbonyl (C=O) groups excluding carboxylic acids is 1. The molecule has 29 heavy (non-hydrogen) atoms. The van der Waals surface area contributed by atoms with Gasteiger partial charge in [0.05, 0.1) is 26.2 Å². The molecule has 2 aromatic rings. The summed E-state index contributed by atoms with van der Waals surface area (Å²) < 4.78 is 0.